The molecular formula is C15H12N2O. The van der Waals surface area contributed by atoms with Crippen LogP contribution in [0.3, 0.4) is 0 Å². The summed E-state index contributed by atoms with van der Waals surface area (Å²) in [5.74, 6) is 0.268. The Morgan fingerprint density at radius 1 is 1.06 bits per heavy atom. The van der Waals surface area contributed by atoms with Gasteiger partial charge in [-0.25, -0.2) is 0 Å². The van der Waals surface area contributed by atoms with Crippen molar-refractivity contribution in [1.82, 2.24) is 10.2 Å². The summed E-state index contributed by atoms with van der Waals surface area (Å²) >= 11 is 0. The molecule has 3 rings (SSSR count). The first-order valence-corrected chi connectivity index (χ1v) is 5.76. The average Bonchev–Trinajstić information content (AvgIpc) is 2.38. The Hall–Kier alpha value is -2.42. The van der Waals surface area contributed by atoms with Crippen LogP contribution in [0.25, 0.3) is 22.0 Å². The number of fused-ring (bicyclic) bond motifs is 1. The van der Waals surface area contributed by atoms with Gasteiger partial charge in [0.25, 0.3) is 0 Å². The Morgan fingerprint density at radius 3 is 2.72 bits per heavy atom. The highest BCUT2D eigenvalue weighted by atomic mass is 16.3. The van der Waals surface area contributed by atoms with E-state index in [1.165, 1.54) is 0 Å². The normalized spacial score (nSPS) is 10.7. The predicted octanol–water partition coefficient (Wildman–Crippen LogP) is 3.31. The van der Waals surface area contributed by atoms with E-state index in [-0.39, 0.29) is 5.75 Å². The molecule has 0 aliphatic carbocycles. The molecule has 0 saturated carbocycles. The van der Waals surface area contributed by atoms with Crippen LogP contribution < -0.4 is 0 Å². The predicted molar refractivity (Wildman–Crippen MR) is 71.4 cm³/mol. The third-order valence-electron chi connectivity index (χ3n) is 3.04. The molecule has 0 radical (unpaired) electrons. The van der Waals surface area contributed by atoms with Crippen LogP contribution in [0.1, 0.15) is 5.56 Å². The molecule has 18 heavy (non-hydrogen) atoms. The zero-order valence-electron chi connectivity index (χ0n) is 9.96. The van der Waals surface area contributed by atoms with Crippen LogP contribution in [-0.2, 0) is 0 Å². The first kappa shape index (κ1) is 10.7. The molecule has 1 aromatic heterocycles. The minimum absolute atomic E-state index is 0.268. The van der Waals surface area contributed by atoms with Crippen molar-refractivity contribution in [3.63, 3.8) is 0 Å². The van der Waals surface area contributed by atoms with Gasteiger partial charge in [0.2, 0.25) is 0 Å². The quantitative estimate of drug-likeness (QED) is 0.705. The maximum absolute atomic E-state index is 9.46. The van der Waals surface area contributed by atoms with Gasteiger partial charge in [0, 0.05) is 16.3 Å². The number of aromatic hydroxyl groups is 1. The Kier molecular flexibility index (Phi) is 2.45. The van der Waals surface area contributed by atoms with Crippen molar-refractivity contribution in [2.75, 3.05) is 0 Å². The molecule has 2 aromatic carbocycles. The molecule has 1 N–H and O–H groups in total. The van der Waals surface area contributed by atoms with Crippen LogP contribution in [0, 0.1) is 6.92 Å². The molecule has 0 atom stereocenters. The zero-order chi connectivity index (χ0) is 12.5. The van der Waals surface area contributed by atoms with Crippen LogP contribution in [0.5, 0.6) is 5.75 Å². The molecular weight excluding hydrogens is 224 g/mol. The number of benzene rings is 2. The van der Waals surface area contributed by atoms with E-state index >= 15 is 0 Å². The van der Waals surface area contributed by atoms with E-state index in [2.05, 4.69) is 10.2 Å². The maximum atomic E-state index is 9.46. The Balaban J connectivity index is 2.31. The van der Waals surface area contributed by atoms with Crippen molar-refractivity contribution in [3.8, 4) is 17.0 Å². The SMILES string of the molecule is Cc1cc(O)ccc1-c1nncc2ccccc12. The second-order valence-electron chi connectivity index (χ2n) is 4.28. The fraction of sp³-hybridized carbons (Fsp3) is 0.0667. The first-order valence-electron chi connectivity index (χ1n) is 5.76. The van der Waals surface area contributed by atoms with E-state index < -0.39 is 0 Å². The topological polar surface area (TPSA) is 46.0 Å². The average molecular weight is 236 g/mol. The second kappa shape index (κ2) is 4.11. The Labute approximate surface area is 105 Å². The van der Waals surface area contributed by atoms with E-state index in [0.717, 1.165) is 27.6 Å². The number of aromatic nitrogens is 2. The van der Waals surface area contributed by atoms with Gasteiger partial charge in [-0.3, -0.25) is 0 Å². The zero-order valence-corrected chi connectivity index (χ0v) is 9.96. The molecule has 0 spiro atoms. The number of phenolic OH excluding ortho intramolecular Hbond substituents is 1. The van der Waals surface area contributed by atoms with Crippen molar-refractivity contribution in [1.29, 1.82) is 0 Å². The largest absolute Gasteiger partial charge is 0.508 e. The summed E-state index contributed by atoms with van der Waals surface area (Å²) in [7, 11) is 0. The van der Waals surface area contributed by atoms with Gasteiger partial charge < -0.3 is 5.11 Å². The molecule has 1 heterocycles. The number of aryl methyl sites for hydroxylation is 1. The molecule has 3 heteroatoms. The first-order chi connectivity index (χ1) is 8.75. The highest BCUT2D eigenvalue weighted by molar-refractivity contribution is 5.94. The van der Waals surface area contributed by atoms with Crippen molar-refractivity contribution in [2.24, 2.45) is 0 Å². The monoisotopic (exact) mass is 236 g/mol. The van der Waals surface area contributed by atoms with E-state index in [9.17, 15) is 5.11 Å². The number of hydrogen-bond donors (Lipinski definition) is 1. The van der Waals surface area contributed by atoms with Crippen molar-refractivity contribution in [2.45, 2.75) is 6.92 Å². The lowest BCUT2D eigenvalue weighted by molar-refractivity contribution is 0.475. The fourth-order valence-electron chi connectivity index (χ4n) is 2.14. The van der Waals surface area contributed by atoms with Crippen LogP contribution in [0.15, 0.2) is 48.7 Å². The molecule has 0 unspecified atom stereocenters. The van der Waals surface area contributed by atoms with Gasteiger partial charge in [-0.15, -0.1) is 5.10 Å². The summed E-state index contributed by atoms with van der Waals surface area (Å²) < 4.78 is 0. The van der Waals surface area contributed by atoms with Gasteiger partial charge in [0.05, 0.1) is 6.20 Å². The van der Waals surface area contributed by atoms with Crippen LogP contribution in [0.2, 0.25) is 0 Å². The summed E-state index contributed by atoms with van der Waals surface area (Å²) in [6.07, 6.45) is 1.76. The molecule has 0 saturated heterocycles. The van der Waals surface area contributed by atoms with E-state index in [0.29, 0.717) is 0 Å². The van der Waals surface area contributed by atoms with E-state index in [1.54, 1.807) is 18.3 Å². The molecule has 0 aliphatic heterocycles. The molecule has 0 aliphatic rings. The smallest absolute Gasteiger partial charge is 0.115 e. The van der Waals surface area contributed by atoms with Crippen LogP contribution in [0.4, 0.5) is 0 Å². The summed E-state index contributed by atoms with van der Waals surface area (Å²) in [5.41, 5.74) is 2.84. The highest BCUT2D eigenvalue weighted by Crippen LogP contribution is 2.29. The highest BCUT2D eigenvalue weighted by Gasteiger charge is 2.08. The van der Waals surface area contributed by atoms with E-state index in [4.69, 9.17) is 0 Å². The van der Waals surface area contributed by atoms with Gasteiger partial charge >= 0.3 is 0 Å². The minimum atomic E-state index is 0.268. The maximum Gasteiger partial charge on any atom is 0.115 e. The number of phenols is 1. The molecule has 0 amide bonds. The lowest BCUT2D eigenvalue weighted by Crippen LogP contribution is -1.91. The fourth-order valence-corrected chi connectivity index (χ4v) is 2.14. The summed E-state index contributed by atoms with van der Waals surface area (Å²) in [6.45, 7) is 1.96. The van der Waals surface area contributed by atoms with Crippen LogP contribution in [-0.4, -0.2) is 15.3 Å². The van der Waals surface area contributed by atoms with Crippen LogP contribution >= 0.6 is 0 Å². The molecule has 0 fully saturated rings. The molecule has 3 aromatic rings. The number of rotatable bonds is 1. The van der Waals surface area contributed by atoms with Crippen molar-refractivity contribution >= 4 is 10.8 Å². The van der Waals surface area contributed by atoms with Gasteiger partial charge in [0.15, 0.2) is 0 Å². The van der Waals surface area contributed by atoms with Crippen molar-refractivity contribution in [3.05, 3.63) is 54.2 Å². The third kappa shape index (κ3) is 1.70. The van der Waals surface area contributed by atoms with E-state index in [1.807, 2.05) is 37.3 Å². The van der Waals surface area contributed by atoms with Gasteiger partial charge in [0.1, 0.15) is 11.4 Å². The standard InChI is InChI=1S/C15H12N2O/c1-10-8-12(18)6-7-13(10)15-14-5-3-2-4-11(14)9-16-17-15/h2-9,18H,1H3. The van der Waals surface area contributed by atoms with Gasteiger partial charge in [-0.05, 0) is 30.7 Å². The summed E-state index contributed by atoms with van der Waals surface area (Å²) in [5, 5.41) is 19.9. The molecule has 0 bridgehead atoms. The third-order valence-corrected chi connectivity index (χ3v) is 3.04. The second-order valence-corrected chi connectivity index (χ2v) is 4.28. The van der Waals surface area contributed by atoms with Gasteiger partial charge in [-0.1, -0.05) is 24.3 Å². The van der Waals surface area contributed by atoms with Crippen molar-refractivity contribution < 1.29 is 5.11 Å². The number of hydrogen-bond acceptors (Lipinski definition) is 3. The lowest BCUT2D eigenvalue weighted by atomic mass is 10.0. The molecule has 88 valence electrons. The van der Waals surface area contributed by atoms with Gasteiger partial charge in [-0.2, -0.15) is 5.10 Å². The Bertz CT molecular complexity index is 717. The minimum Gasteiger partial charge on any atom is -0.508 e. The molecule has 3 nitrogen and oxygen atoms in total. The Morgan fingerprint density at radius 2 is 1.89 bits per heavy atom. The number of nitrogens with zero attached hydrogens (tertiary/aromatic N) is 2. The summed E-state index contributed by atoms with van der Waals surface area (Å²) in [4.78, 5) is 0. The lowest BCUT2D eigenvalue weighted by Gasteiger charge is -2.08. The summed E-state index contributed by atoms with van der Waals surface area (Å²) in [6, 6.07) is 13.3.